The molecule has 0 spiro atoms. The van der Waals surface area contributed by atoms with Gasteiger partial charge in [0.2, 0.25) is 0 Å². The highest BCUT2D eigenvalue weighted by Crippen LogP contribution is 2.36. The molecule has 1 saturated heterocycles. The van der Waals surface area contributed by atoms with E-state index in [9.17, 15) is 5.11 Å². The van der Waals surface area contributed by atoms with Crippen LogP contribution >= 0.6 is 11.6 Å². The van der Waals surface area contributed by atoms with Crippen molar-refractivity contribution in [3.8, 4) is 22.6 Å². The average Bonchev–Trinajstić information content (AvgIpc) is 3.20. The van der Waals surface area contributed by atoms with Crippen LogP contribution in [0.4, 0.5) is 0 Å². The second kappa shape index (κ2) is 6.00. The molecule has 0 amide bonds. The third-order valence-electron chi connectivity index (χ3n) is 4.39. The third kappa shape index (κ3) is 2.70. The molecule has 3 N–H and O–H groups in total. The van der Waals surface area contributed by atoms with Gasteiger partial charge in [-0.3, -0.25) is 5.10 Å². The van der Waals surface area contributed by atoms with E-state index in [2.05, 4.69) is 15.5 Å². The Morgan fingerprint density at radius 3 is 2.88 bits per heavy atom. The van der Waals surface area contributed by atoms with E-state index in [0.717, 1.165) is 53.0 Å². The molecular weight excluding hydrogens is 326 g/mol. The van der Waals surface area contributed by atoms with E-state index in [1.807, 2.05) is 25.1 Å². The van der Waals surface area contributed by atoms with Gasteiger partial charge >= 0.3 is 0 Å². The van der Waals surface area contributed by atoms with Crippen LogP contribution in [0.2, 0.25) is 5.02 Å². The largest absolute Gasteiger partial charge is 0.506 e. The van der Waals surface area contributed by atoms with Crippen molar-refractivity contribution in [1.29, 1.82) is 0 Å². The van der Waals surface area contributed by atoms with E-state index in [4.69, 9.17) is 16.3 Å². The van der Waals surface area contributed by atoms with E-state index in [1.54, 1.807) is 12.1 Å². The fourth-order valence-corrected chi connectivity index (χ4v) is 3.30. The highest BCUT2D eigenvalue weighted by atomic mass is 35.5. The summed E-state index contributed by atoms with van der Waals surface area (Å²) >= 11 is 6.05. The summed E-state index contributed by atoms with van der Waals surface area (Å²) in [6.07, 6.45) is 1.16. The molecule has 124 valence electrons. The van der Waals surface area contributed by atoms with Gasteiger partial charge in [0.25, 0.3) is 0 Å². The number of benzene rings is 2. The maximum Gasteiger partial charge on any atom is 0.134 e. The fourth-order valence-electron chi connectivity index (χ4n) is 3.12. The molecule has 1 aliphatic rings. The molecule has 2 heterocycles. The van der Waals surface area contributed by atoms with E-state index < -0.39 is 0 Å². The fraction of sp³-hybridized carbons (Fsp3) is 0.278. The second-order valence-electron chi connectivity index (χ2n) is 6.12. The summed E-state index contributed by atoms with van der Waals surface area (Å²) in [7, 11) is 0. The summed E-state index contributed by atoms with van der Waals surface area (Å²) in [5, 5.41) is 21.7. The standard InChI is InChI=1S/C18H18ClN3O2/c1-10-18-15(22-21-10)7-12(11-2-3-16(23)14(19)6-11)8-17(18)24-13-4-5-20-9-13/h2-3,6-8,13,20,23H,4-5,9H2,1H3,(H,21,22). The number of ether oxygens (including phenoxy) is 1. The summed E-state index contributed by atoms with van der Waals surface area (Å²) in [5.74, 6) is 0.900. The van der Waals surface area contributed by atoms with Crippen LogP contribution in [-0.4, -0.2) is 34.5 Å². The van der Waals surface area contributed by atoms with Gasteiger partial charge < -0.3 is 15.2 Å². The van der Waals surface area contributed by atoms with Crippen LogP contribution in [-0.2, 0) is 0 Å². The van der Waals surface area contributed by atoms with Gasteiger partial charge in [-0.05, 0) is 55.3 Å². The molecule has 1 atom stereocenters. The highest BCUT2D eigenvalue weighted by molar-refractivity contribution is 6.32. The Kier molecular flexibility index (Phi) is 3.82. The molecule has 1 aromatic heterocycles. The summed E-state index contributed by atoms with van der Waals surface area (Å²) in [6.45, 7) is 3.82. The highest BCUT2D eigenvalue weighted by Gasteiger charge is 2.19. The Labute approximate surface area is 144 Å². The number of nitrogens with zero attached hydrogens (tertiary/aromatic N) is 1. The van der Waals surface area contributed by atoms with Gasteiger partial charge in [0.15, 0.2) is 0 Å². The number of phenolic OH excluding ortho intramolecular Hbond substituents is 1. The molecule has 5 nitrogen and oxygen atoms in total. The molecule has 0 radical (unpaired) electrons. The van der Waals surface area contributed by atoms with Crippen molar-refractivity contribution in [2.45, 2.75) is 19.4 Å². The van der Waals surface area contributed by atoms with E-state index in [0.29, 0.717) is 5.02 Å². The van der Waals surface area contributed by atoms with Crippen molar-refractivity contribution in [2.24, 2.45) is 0 Å². The predicted octanol–water partition coefficient (Wildman–Crippen LogP) is 3.64. The first kappa shape index (κ1) is 15.3. The molecular formula is C18H18ClN3O2. The number of phenols is 1. The lowest BCUT2D eigenvalue weighted by Gasteiger charge is -2.15. The first-order valence-corrected chi connectivity index (χ1v) is 8.34. The predicted molar refractivity (Wildman–Crippen MR) is 94.8 cm³/mol. The minimum absolute atomic E-state index is 0.0746. The maximum absolute atomic E-state index is 9.63. The van der Waals surface area contributed by atoms with Gasteiger partial charge in [-0.25, -0.2) is 0 Å². The van der Waals surface area contributed by atoms with Crippen molar-refractivity contribution >= 4 is 22.5 Å². The Balaban J connectivity index is 1.82. The lowest BCUT2D eigenvalue weighted by atomic mass is 10.0. The Morgan fingerprint density at radius 1 is 1.25 bits per heavy atom. The molecule has 3 aromatic rings. The third-order valence-corrected chi connectivity index (χ3v) is 4.69. The van der Waals surface area contributed by atoms with E-state index >= 15 is 0 Å². The molecule has 0 saturated carbocycles. The van der Waals surface area contributed by atoms with Crippen LogP contribution in [0.25, 0.3) is 22.0 Å². The number of fused-ring (bicyclic) bond motifs is 1. The zero-order valence-corrected chi connectivity index (χ0v) is 14.0. The Hall–Kier alpha value is -2.24. The zero-order valence-electron chi connectivity index (χ0n) is 13.3. The van der Waals surface area contributed by atoms with E-state index in [-0.39, 0.29) is 11.9 Å². The molecule has 4 rings (SSSR count). The molecule has 1 aliphatic heterocycles. The number of hydrogen-bond donors (Lipinski definition) is 3. The van der Waals surface area contributed by atoms with Gasteiger partial charge in [0.1, 0.15) is 17.6 Å². The number of aromatic amines is 1. The quantitative estimate of drug-likeness (QED) is 0.679. The number of hydrogen-bond acceptors (Lipinski definition) is 4. The summed E-state index contributed by atoms with van der Waals surface area (Å²) < 4.78 is 6.24. The van der Waals surface area contributed by atoms with Crippen LogP contribution < -0.4 is 10.1 Å². The molecule has 6 heteroatoms. The SMILES string of the molecule is Cc1[nH]nc2cc(-c3ccc(O)c(Cl)c3)cc(OC3CCNC3)c12. The Morgan fingerprint density at radius 2 is 2.12 bits per heavy atom. The summed E-state index contributed by atoms with van der Waals surface area (Å²) in [6, 6.07) is 9.20. The van der Waals surface area contributed by atoms with Crippen molar-refractivity contribution in [2.75, 3.05) is 13.1 Å². The van der Waals surface area contributed by atoms with Crippen molar-refractivity contribution < 1.29 is 9.84 Å². The number of rotatable bonds is 3. The average molecular weight is 344 g/mol. The Bertz CT molecular complexity index is 901. The van der Waals surface area contributed by atoms with Crippen LogP contribution in [0, 0.1) is 6.92 Å². The first-order chi connectivity index (χ1) is 11.6. The molecule has 1 unspecified atom stereocenters. The number of aromatic nitrogens is 2. The van der Waals surface area contributed by atoms with Crippen LogP contribution in [0.3, 0.4) is 0 Å². The number of H-pyrrole nitrogens is 1. The van der Waals surface area contributed by atoms with Crippen molar-refractivity contribution in [3.05, 3.63) is 41.0 Å². The lowest BCUT2D eigenvalue weighted by Crippen LogP contribution is -2.19. The normalized spacial score (nSPS) is 17.5. The van der Waals surface area contributed by atoms with E-state index in [1.165, 1.54) is 0 Å². The molecule has 0 bridgehead atoms. The lowest BCUT2D eigenvalue weighted by molar-refractivity contribution is 0.226. The van der Waals surface area contributed by atoms with Gasteiger partial charge in [0, 0.05) is 12.2 Å². The molecule has 24 heavy (non-hydrogen) atoms. The van der Waals surface area contributed by atoms with Gasteiger partial charge in [0.05, 0.1) is 15.9 Å². The monoisotopic (exact) mass is 343 g/mol. The maximum atomic E-state index is 9.63. The zero-order chi connectivity index (χ0) is 16.7. The molecule has 0 aliphatic carbocycles. The number of nitrogens with one attached hydrogen (secondary N) is 2. The van der Waals surface area contributed by atoms with Crippen LogP contribution in [0.15, 0.2) is 30.3 Å². The molecule has 1 fully saturated rings. The van der Waals surface area contributed by atoms with Crippen molar-refractivity contribution in [1.82, 2.24) is 15.5 Å². The van der Waals surface area contributed by atoms with Gasteiger partial charge in [-0.15, -0.1) is 0 Å². The summed E-state index contributed by atoms with van der Waals surface area (Å²) in [4.78, 5) is 0. The van der Waals surface area contributed by atoms with Gasteiger partial charge in [-0.1, -0.05) is 17.7 Å². The first-order valence-electron chi connectivity index (χ1n) is 7.97. The van der Waals surface area contributed by atoms with Crippen molar-refractivity contribution in [3.63, 3.8) is 0 Å². The minimum Gasteiger partial charge on any atom is -0.506 e. The van der Waals surface area contributed by atoms with Crippen LogP contribution in [0.5, 0.6) is 11.5 Å². The minimum atomic E-state index is 0.0746. The number of aryl methyl sites for hydroxylation is 1. The van der Waals surface area contributed by atoms with Gasteiger partial charge in [-0.2, -0.15) is 5.10 Å². The number of halogens is 1. The smallest absolute Gasteiger partial charge is 0.134 e. The summed E-state index contributed by atoms with van der Waals surface area (Å²) in [5.41, 5.74) is 3.71. The second-order valence-corrected chi connectivity index (χ2v) is 6.52. The van der Waals surface area contributed by atoms with Crippen LogP contribution in [0.1, 0.15) is 12.1 Å². The molecule has 2 aromatic carbocycles. The topological polar surface area (TPSA) is 70.2 Å². The number of aromatic hydroxyl groups is 1.